The van der Waals surface area contributed by atoms with Crippen molar-refractivity contribution in [1.29, 1.82) is 10.5 Å². The first-order chi connectivity index (χ1) is 14.8. The van der Waals surface area contributed by atoms with Gasteiger partial charge in [-0.25, -0.2) is 9.97 Å². The van der Waals surface area contributed by atoms with Gasteiger partial charge in [-0.15, -0.1) is 5.10 Å². The molecular weight excluding hydrogens is 414 g/mol. The number of benzene rings is 1. The van der Waals surface area contributed by atoms with Crippen molar-refractivity contribution in [3.05, 3.63) is 69.9 Å². The van der Waals surface area contributed by atoms with Crippen LogP contribution in [0.15, 0.2) is 36.5 Å². The lowest BCUT2D eigenvalue weighted by Gasteiger charge is -2.15. The average Bonchev–Trinajstić information content (AvgIpc) is 3.48. The van der Waals surface area contributed by atoms with Crippen LogP contribution in [0.2, 0.25) is 5.02 Å². The maximum absolute atomic E-state index is 12.9. The molecule has 1 amide bonds. The minimum Gasteiger partial charge on any atom is -0.342 e. The summed E-state index contributed by atoms with van der Waals surface area (Å²) >= 11 is 6.22. The van der Waals surface area contributed by atoms with Crippen LogP contribution in [-0.4, -0.2) is 25.7 Å². The third kappa shape index (κ3) is 3.98. The summed E-state index contributed by atoms with van der Waals surface area (Å²) in [5.74, 6) is 1.19. The van der Waals surface area contributed by atoms with Gasteiger partial charge < -0.3 is 5.32 Å². The summed E-state index contributed by atoms with van der Waals surface area (Å²) in [5.41, 5.74) is 1.05. The van der Waals surface area contributed by atoms with Crippen LogP contribution < -0.4 is 5.32 Å². The normalized spacial score (nSPS) is 14.9. The SMILES string of the molecule is Cc1nc([C@H](C)NC(=O)c2cc(Cl)cc(C3(C#N)CC3)c2)n(-c2ccc(C#N)cn2)n1. The van der Waals surface area contributed by atoms with Crippen molar-refractivity contribution in [2.24, 2.45) is 0 Å². The van der Waals surface area contributed by atoms with Crippen LogP contribution in [0.3, 0.4) is 0 Å². The molecule has 0 aliphatic heterocycles. The lowest BCUT2D eigenvalue weighted by atomic mass is 9.95. The van der Waals surface area contributed by atoms with E-state index in [-0.39, 0.29) is 5.91 Å². The number of nitrogens with zero attached hydrogens (tertiary/aromatic N) is 6. The Hall–Kier alpha value is -3.75. The Labute approximate surface area is 184 Å². The Kier molecular flexibility index (Phi) is 5.18. The molecule has 0 saturated heterocycles. The zero-order valence-electron chi connectivity index (χ0n) is 16.9. The predicted octanol–water partition coefficient (Wildman–Crippen LogP) is 3.54. The number of halogens is 1. The molecule has 1 aromatic carbocycles. The van der Waals surface area contributed by atoms with E-state index in [4.69, 9.17) is 16.9 Å². The van der Waals surface area contributed by atoms with Crippen LogP contribution in [0.25, 0.3) is 5.82 Å². The Balaban J connectivity index is 1.59. The number of amides is 1. The van der Waals surface area contributed by atoms with Gasteiger partial charge >= 0.3 is 0 Å². The first kappa shape index (κ1) is 20.5. The standard InChI is InChI=1S/C22H18ClN7O/c1-13(20-28-14(2)29-30(20)19-4-3-15(10-24)11-26-19)27-21(31)16-7-17(9-18(23)8-16)22(12-25)5-6-22/h3-4,7-9,11,13H,5-6H2,1-2H3,(H,27,31)/t13-/m0/s1. The summed E-state index contributed by atoms with van der Waals surface area (Å²) in [6.45, 7) is 3.54. The Morgan fingerprint density at radius 3 is 2.68 bits per heavy atom. The predicted molar refractivity (Wildman–Crippen MR) is 112 cm³/mol. The quantitative estimate of drug-likeness (QED) is 0.659. The summed E-state index contributed by atoms with van der Waals surface area (Å²) in [7, 11) is 0. The molecule has 0 unspecified atom stereocenters. The lowest BCUT2D eigenvalue weighted by Crippen LogP contribution is -2.29. The van der Waals surface area contributed by atoms with E-state index in [0.717, 1.165) is 18.4 Å². The first-order valence-corrected chi connectivity index (χ1v) is 10.1. The molecule has 1 saturated carbocycles. The highest BCUT2D eigenvalue weighted by Gasteiger charge is 2.45. The number of hydrogen-bond donors (Lipinski definition) is 1. The van der Waals surface area contributed by atoms with E-state index in [1.807, 2.05) is 6.07 Å². The average molecular weight is 432 g/mol. The van der Waals surface area contributed by atoms with E-state index in [9.17, 15) is 10.1 Å². The van der Waals surface area contributed by atoms with Gasteiger partial charge in [0.1, 0.15) is 11.9 Å². The van der Waals surface area contributed by atoms with Crippen molar-refractivity contribution < 1.29 is 4.79 Å². The van der Waals surface area contributed by atoms with E-state index in [2.05, 4.69) is 26.5 Å². The summed E-state index contributed by atoms with van der Waals surface area (Å²) in [6, 6.07) is 12.2. The van der Waals surface area contributed by atoms with Crippen molar-refractivity contribution in [3.8, 4) is 18.0 Å². The van der Waals surface area contributed by atoms with Gasteiger partial charge in [-0.2, -0.15) is 15.2 Å². The Morgan fingerprint density at radius 2 is 2.06 bits per heavy atom. The topological polar surface area (TPSA) is 120 Å². The molecule has 9 heteroatoms. The van der Waals surface area contributed by atoms with Crippen LogP contribution in [0.1, 0.15) is 58.9 Å². The highest BCUT2D eigenvalue weighted by Crippen LogP contribution is 2.48. The highest BCUT2D eigenvalue weighted by atomic mass is 35.5. The van der Waals surface area contributed by atoms with Gasteiger partial charge in [-0.05, 0) is 62.6 Å². The zero-order chi connectivity index (χ0) is 22.2. The molecule has 154 valence electrons. The molecular formula is C22H18ClN7O. The molecule has 1 aliphatic carbocycles. The molecule has 2 aromatic heterocycles. The number of carbonyl (C=O) groups is 1. The second kappa shape index (κ2) is 7.82. The fourth-order valence-corrected chi connectivity index (χ4v) is 3.62. The third-order valence-electron chi connectivity index (χ3n) is 5.24. The number of nitriles is 2. The number of pyridine rings is 1. The Bertz CT molecular complexity index is 1250. The molecule has 0 bridgehead atoms. The fourth-order valence-electron chi connectivity index (χ4n) is 3.39. The first-order valence-electron chi connectivity index (χ1n) is 9.68. The summed E-state index contributed by atoms with van der Waals surface area (Å²) in [4.78, 5) is 21.6. The number of rotatable bonds is 5. The van der Waals surface area contributed by atoms with Gasteiger partial charge in [0, 0.05) is 16.8 Å². The molecule has 3 aromatic rings. The monoisotopic (exact) mass is 431 g/mol. The number of hydrogen-bond acceptors (Lipinski definition) is 6. The summed E-state index contributed by atoms with van der Waals surface area (Å²) < 4.78 is 1.54. The van der Waals surface area contributed by atoms with E-state index in [1.54, 1.807) is 48.9 Å². The van der Waals surface area contributed by atoms with Crippen LogP contribution >= 0.6 is 11.6 Å². The number of aryl methyl sites for hydroxylation is 1. The molecule has 1 atom stereocenters. The summed E-state index contributed by atoms with van der Waals surface area (Å²) in [6.07, 6.45) is 2.98. The molecule has 0 spiro atoms. The van der Waals surface area contributed by atoms with Gasteiger partial charge in [0.15, 0.2) is 11.6 Å². The van der Waals surface area contributed by atoms with Crippen LogP contribution in [0.5, 0.6) is 0 Å². The highest BCUT2D eigenvalue weighted by molar-refractivity contribution is 6.31. The van der Waals surface area contributed by atoms with Gasteiger partial charge in [0.25, 0.3) is 5.91 Å². The van der Waals surface area contributed by atoms with Gasteiger partial charge in [0.05, 0.1) is 23.1 Å². The van der Waals surface area contributed by atoms with E-state index >= 15 is 0 Å². The Morgan fingerprint density at radius 1 is 1.29 bits per heavy atom. The second-order valence-corrected chi connectivity index (χ2v) is 8.00. The van der Waals surface area contributed by atoms with Crippen molar-refractivity contribution in [1.82, 2.24) is 25.1 Å². The number of aromatic nitrogens is 4. The van der Waals surface area contributed by atoms with E-state index < -0.39 is 11.5 Å². The maximum Gasteiger partial charge on any atom is 0.251 e. The minimum atomic E-state index is -0.538. The molecule has 1 fully saturated rings. The van der Waals surface area contributed by atoms with E-state index in [1.165, 1.54) is 6.20 Å². The molecule has 0 radical (unpaired) electrons. The maximum atomic E-state index is 12.9. The number of nitrogens with one attached hydrogen (secondary N) is 1. The van der Waals surface area contributed by atoms with Gasteiger partial charge in [0.2, 0.25) is 0 Å². The fraction of sp³-hybridized carbons (Fsp3) is 0.273. The molecule has 4 rings (SSSR count). The summed E-state index contributed by atoms with van der Waals surface area (Å²) in [5, 5.41) is 26.1. The second-order valence-electron chi connectivity index (χ2n) is 7.56. The third-order valence-corrected chi connectivity index (χ3v) is 5.46. The van der Waals surface area contributed by atoms with Crippen molar-refractivity contribution >= 4 is 17.5 Å². The van der Waals surface area contributed by atoms with Crippen LogP contribution in [-0.2, 0) is 5.41 Å². The van der Waals surface area contributed by atoms with Crippen molar-refractivity contribution in [3.63, 3.8) is 0 Å². The van der Waals surface area contributed by atoms with Gasteiger partial charge in [-0.1, -0.05) is 11.6 Å². The van der Waals surface area contributed by atoms with Crippen molar-refractivity contribution in [2.75, 3.05) is 0 Å². The number of carbonyl (C=O) groups excluding carboxylic acids is 1. The van der Waals surface area contributed by atoms with Gasteiger partial charge in [-0.3, -0.25) is 4.79 Å². The minimum absolute atomic E-state index is 0.329. The van der Waals surface area contributed by atoms with Crippen LogP contribution in [0.4, 0.5) is 0 Å². The molecule has 1 aliphatic rings. The lowest BCUT2D eigenvalue weighted by molar-refractivity contribution is 0.0937. The smallest absolute Gasteiger partial charge is 0.251 e. The van der Waals surface area contributed by atoms with E-state index in [0.29, 0.717) is 33.6 Å². The molecule has 1 N–H and O–H groups in total. The molecule has 2 heterocycles. The van der Waals surface area contributed by atoms with Crippen molar-refractivity contribution in [2.45, 2.75) is 38.1 Å². The van der Waals surface area contributed by atoms with Crippen LogP contribution in [0, 0.1) is 29.6 Å². The largest absolute Gasteiger partial charge is 0.342 e. The molecule has 8 nitrogen and oxygen atoms in total. The molecule has 31 heavy (non-hydrogen) atoms. The zero-order valence-corrected chi connectivity index (χ0v) is 17.7.